The zero-order chi connectivity index (χ0) is 13.0. The quantitative estimate of drug-likeness (QED) is 0.889. The Balaban J connectivity index is 1.97. The molecule has 98 valence electrons. The average Bonchev–Trinajstić information content (AvgIpc) is 2.29. The van der Waals surface area contributed by atoms with Crippen molar-refractivity contribution in [1.29, 1.82) is 0 Å². The van der Waals surface area contributed by atoms with E-state index in [1.54, 1.807) is 12.1 Å². The standard InChI is InChI=1S/C14H18ClNO2/c15-12-6-4-11(5-7-12)10-14(18)16(8-9-17)13-2-1-3-13/h4-7,13,17H,1-3,8-10H2. The molecule has 1 aliphatic rings. The molecule has 0 radical (unpaired) electrons. The van der Waals surface area contributed by atoms with Gasteiger partial charge in [-0.05, 0) is 37.0 Å². The monoisotopic (exact) mass is 267 g/mol. The van der Waals surface area contributed by atoms with E-state index in [4.69, 9.17) is 16.7 Å². The maximum absolute atomic E-state index is 12.2. The van der Waals surface area contributed by atoms with Crippen LogP contribution in [0, 0.1) is 0 Å². The Morgan fingerprint density at radius 3 is 2.50 bits per heavy atom. The topological polar surface area (TPSA) is 40.5 Å². The van der Waals surface area contributed by atoms with E-state index in [0.29, 0.717) is 24.0 Å². The molecule has 1 aliphatic carbocycles. The van der Waals surface area contributed by atoms with Crippen LogP contribution in [-0.4, -0.2) is 35.1 Å². The van der Waals surface area contributed by atoms with Crippen LogP contribution in [0.15, 0.2) is 24.3 Å². The Morgan fingerprint density at radius 2 is 2.00 bits per heavy atom. The number of carbonyl (C=O) groups excluding carboxylic acids is 1. The van der Waals surface area contributed by atoms with E-state index in [0.717, 1.165) is 18.4 Å². The zero-order valence-electron chi connectivity index (χ0n) is 10.3. The molecule has 0 atom stereocenters. The van der Waals surface area contributed by atoms with Crippen molar-refractivity contribution < 1.29 is 9.90 Å². The van der Waals surface area contributed by atoms with Gasteiger partial charge >= 0.3 is 0 Å². The Morgan fingerprint density at radius 1 is 1.33 bits per heavy atom. The van der Waals surface area contributed by atoms with E-state index < -0.39 is 0 Å². The highest BCUT2D eigenvalue weighted by Gasteiger charge is 2.27. The van der Waals surface area contributed by atoms with Crippen LogP contribution in [0.1, 0.15) is 24.8 Å². The SMILES string of the molecule is O=C(Cc1ccc(Cl)cc1)N(CCO)C1CCC1. The van der Waals surface area contributed by atoms with Gasteiger partial charge in [-0.25, -0.2) is 0 Å². The Hall–Kier alpha value is -1.06. The summed E-state index contributed by atoms with van der Waals surface area (Å²) in [7, 11) is 0. The summed E-state index contributed by atoms with van der Waals surface area (Å²) in [4.78, 5) is 14.0. The van der Waals surface area contributed by atoms with Gasteiger partial charge in [0.15, 0.2) is 0 Å². The van der Waals surface area contributed by atoms with Gasteiger partial charge in [0.1, 0.15) is 0 Å². The van der Waals surface area contributed by atoms with Crippen LogP contribution in [0.25, 0.3) is 0 Å². The van der Waals surface area contributed by atoms with Crippen LogP contribution in [0.4, 0.5) is 0 Å². The molecule has 1 aromatic rings. The molecule has 2 rings (SSSR count). The van der Waals surface area contributed by atoms with Gasteiger partial charge in [-0.3, -0.25) is 4.79 Å². The average molecular weight is 268 g/mol. The van der Waals surface area contributed by atoms with E-state index in [1.165, 1.54) is 6.42 Å². The molecule has 0 aromatic heterocycles. The second-order valence-corrected chi connectivity index (χ2v) is 5.14. The fraction of sp³-hybridized carbons (Fsp3) is 0.500. The molecule has 1 aromatic carbocycles. The largest absolute Gasteiger partial charge is 0.395 e. The summed E-state index contributed by atoms with van der Waals surface area (Å²) in [5.74, 6) is 0.0936. The van der Waals surface area contributed by atoms with Crippen LogP contribution >= 0.6 is 11.6 Å². The van der Waals surface area contributed by atoms with Crippen molar-refractivity contribution in [2.75, 3.05) is 13.2 Å². The summed E-state index contributed by atoms with van der Waals surface area (Å²) in [5, 5.41) is 9.72. The molecule has 1 saturated carbocycles. The third kappa shape index (κ3) is 3.24. The molecule has 0 bridgehead atoms. The van der Waals surface area contributed by atoms with Gasteiger partial charge in [0.2, 0.25) is 5.91 Å². The van der Waals surface area contributed by atoms with Gasteiger partial charge in [0.05, 0.1) is 13.0 Å². The Kier molecular flexibility index (Phi) is 4.61. The number of aliphatic hydroxyl groups excluding tert-OH is 1. The maximum Gasteiger partial charge on any atom is 0.227 e. The van der Waals surface area contributed by atoms with Gasteiger partial charge in [-0.15, -0.1) is 0 Å². The highest BCUT2D eigenvalue weighted by Crippen LogP contribution is 2.25. The van der Waals surface area contributed by atoms with E-state index in [-0.39, 0.29) is 12.5 Å². The summed E-state index contributed by atoms with van der Waals surface area (Å²) in [6, 6.07) is 7.67. The first kappa shape index (κ1) is 13.4. The number of halogens is 1. The van der Waals surface area contributed by atoms with Crippen molar-refractivity contribution >= 4 is 17.5 Å². The molecule has 1 amide bonds. The molecule has 3 nitrogen and oxygen atoms in total. The van der Waals surface area contributed by atoms with Crippen molar-refractivity contribution in [1.82, 2.24) is 4.90 Å². The van der Waals surface area contributed by atoms with Gasteiger partial charge < -0.3 is 10.0 Å². The van der Waals surface area contributed by atoms with Crippen molar-refractivity contribution in [2.45, 2.75) is 31.7 Å². The second kappa shape index (κ2) is 6.21. The number of aliphatic hydroxyl groups is 1. The van der Waals surface area contributed by atoms with Crippen LogP contribution in [0.5, 0.6) is 0 Å². The number of hydrogen-bond donors (Lipinski definition) is 1. The number of hydrogen-bond acceptors (Lipinski definition) is 2. The van der Waals surface area contributed by atoms with Crippen molar-refractivity contribution in [3.63, 3.8) is 0 Å². The summed E-state index contributed by atoms with van der Waals surface area (Å²) < 4.78 is 0. The minimum absolute atomic E-state index is 0.0306. The lowest BCUT2D eigenvalue weighted by atomic mass is 9.91. The number of amides is 1. The third-order valence-corrected chi connectivity index (χ3v) is 3.70. The fourth-order valence-corrected chi connectivity index (χ4v) is 2.32. The molecule has 4 heteroatoms. The van der Waals surface area contributed by atoms with Gasteiger partial charge in [-0.1, -0.05) is 23.7 Å². The highest BCUT2D eigenvalue weighted by molar-refractivity contribution is 6.30. The minimum Gasteiger partial charge on any atom is -0.395 e. The third-order valence-electron chi connectivity index (χ3n) is 3.45. The van der Waals surface area contributed by atoms with Crippen LogP contribution in [0.2, 0.25) is 5.02 Å². The summed E-state index contributed by atoms with van der Waals surface area (Å²) in [6.45, 7) is 0.472. The Bertz CT molecular complexity index is 401. The van der Waals surface area contributed by atoms with E-state index in [2.05, 4.69) is 0 Å². The van der Waals surface area contributed by atoms with Crippen LogP contribution in [0.3, 0.4) is 0 Å². The first-order valence-electron chi connectivity index (χ1n) is 6.35. The van der Waals surface area contributed by atoms with Crippen LogP contribution < -0.4 is 0 Å². The number of benzene rings is 1. The second-order valence-electron chi connectivity index (χ2n) is 4.70. The first-order chi connectivity index (χ1) is 8.70. The molecule has 0 saturated heterocycles. The van der Waals surface area contributed by atoms with Gasteiger partial charge in [0, 0.05) is 17.6 Å². The summed E-state index contributed by atoms with van der Waals surface area (Å²) in [5.41, 5.74) is 0.965. The van der Waals surface area contributed by atoms with Crippen LogP contribution in [-0.2, 0) is 11.2 Å². The molecule has 0 spiro atoms. The molecular weight excluding hydrogens is 250 g/mol. The maximum atomic E-state index is 12.2. The minimum atomic E-state index is 0.0306. The summed E-state index contributed by atoms with van der Waals surface area (Å²) in [6.07, 6.45) is 3.69. The predicted molar refractivity (Wildman–Crippen MR) is 71.6 cm³/mol. The van der Waals surface area contributed by atoms with Crippen molar-refractivity contribution in [3.05, 3.63) is 34.9 Å². The molecule has 0 aliphatic heterocycles. The predicted octanol–water partition coefficient (Wildman–Crippen LogP) is 2.26. The van der Waals surface area contributed by atoms with E-state index >= 15 is 0 Å². The molecule has 18 heavy (non-hydrogen) atoms. The van der Waals surface area contributed by atoms with E-state index in [9.17, 15) is 4.79 Å². The van der Waals surface area contributed by atoms with Crippen molar-refractivity contribution in [2.24, 2.45) is 0 Å². The lowest BCUT2D eigenvalue weighted by Crippen LogP contribution is -2.46. The summed E-state index contributed by atoms with van der Waals surface area (Å²) >= 11 is 5.81. The fourth-order valence-electron chi connectivity index (χ4n) is 2.20. The first-order valence-corrected chi connectivity index (χ1v) is 6.73. The smallest absolute Gasteiger partial charge is 0.227 e. The lowest BCUT2D eigenvalue weighted by Gasteiger charge is -2.37. The molecule has 0 unspecified atom stereocenters. The Labute approximate surface area is 112 Å². The number of rotatable bonds is 5. The number of carbonyl (C=O) groups is 1. The van der Waals surface area contributed by atoms with Gasteiger partial charge in [0.25, 0.3) is 0 Å². The normalized spacial score (nSPS) is 15.2. The lowest BCUT2D eigenvalue weighted by molar-refractivity contribution is -0.135. The van der Waals surface area contributed by atoms with Crippen molar-refractivity contribution in [3.8, 4) is 0 Å². The molecular formula is C14H18ClNO2. The molecule has 1 fully saturated rings. The van der Waals surface area contributed by atoms with E-state index in [1.807, 2.05) is 17.0 Å². The highest BCUT2D eigenvalue weighted by atomic mass is 35.5. The van der Waals surface area contributed by atoms with Gasteiger partial charge in [-0.2, -0.15) is 0 Å². The zero-order valence-corrected chi connectivity index (χ0v) is 11.1. The molecule has 0 heterocycles. The molecule has 1 N–H and O–H groups in total. The number of nitrogens with zero attached hydrogens (tertiary/aromatic N) is 1.